The van der Waals surface area contributed by atoms with Gasteiger partial charge in [-0.25, -0.2) is 9.97 Å². The van der Waals surface area contributed by atoms with E-state index in [0.29, 0.717) is 11.3 Å². The summed E-state index contributed by atoms with van der Waals surface area (Å²) >= 11 is 0. The summed E-state index contributed by atoms with van der Waals surface area (Å²) in [6, 6.07) is 15.5. The molecular weight excluding hydrogens is 282 g/mol. The fourth-order valence-electron chi connectivity index (χ4n) is 2.32. The van der Waals surface area contributed by atoms with Gasteiger partial charge in [-0.2, -0.15) is 0 Å². The number of nitrogens with one attached hydrogen (secondary N) is 2. The Kier molecular flexibility index (Phi) is 4.33. The quantitative estimate of drug-likeness (QED) is 0.726. The smallest absolute Gasteiger partial charge is 0.222 e. The number of anilines is 3. The van der Waals surface area contributed by atoms with Gasteiger partial charge in [-0.3, -0.25) is 0 Å². The van der Waals surface area contributed by atoms with Gasteiger partial charge in [-0.05, 0) is 18.6 Å². The minimum atomic E-state index is 0.626. The van der Waals surface area contributed by atoms with Gasteiger partial charge < -0.3 is 10.5 Å². The lowest BCUT2D eigenvalue weighted by atomic mass is 9.91. The molecule has 23 heavy (non-hydrogen) atoms. The second kappa shape index (κ2) is 6.57. The molecule has 0 aliphatic rings. The number of benzene rings is 2. The Morgan fingerprint density at radius 3 is 2.48 bits per heavy atom. The Hall–Kier alpha value is -2.75. The van der Waals surface area contributed by atoms with Gasteiger partial charge in [0.15, 0.2) is 0 Å². The van der Waals surface area contributed by atoms with Gasteiger partial charge in [0.05, 0.1) is 5.69 Å². The summed E-state index contributed by atoms with van der Waals surface area (Å²) in [6.45, 7) is 1.94. The van der Waals surface area contributed by atoms with E-state index in [-0.39, 0.29) is 0 Å². The molecule has 0 saturated carbocycles. The van der Waals surface area contributed by atoms with Crippen LogP contribution in [-0.2, 0) is 0 Å². The van der Waals surface area contributed by atoms with E-state index in [4.69, 9.17) is 15.8 Å². The van der Waals surface area contributed by atoms with E-state index in [1.54, 1.807) is 0 Å². The van der Waals surface area contributed by atoms with Gasteiger partial charge >= 0.3 is 0 Å². The molecule has 0 atom stereocenters. The zero-order valence-electron chi connectivity index (χ0n) is 12.7. The standard InChI is InChI=1S/C17H14B2N4/c1-11-7-13(18)16(8-14(11)23-19)22-17-9-15(20-10-21-17)12-5-3-2-4-6-12/h2-10,23H,1H3,(H,20,21,22). The highest BCUT2D eigenvalue weighted by Gasteiger charge is 2.06. The number of rotatable bonds is 4. The van der Waals surface area contributed by atoms with Crippen LogP contribution in [0.2, 0.25) is 0 Å². The molecule has 0 aliphatic heterocycles. The molecule has 0 unspecified atom stereocenters. The third kappa shape index (κ3) is 3.37. The van der Waals surface area contributed by atoms with Gasteiger partial charge in [0, 0.05) is 23.0 Å². The SMILES string of the molecule is [B]Nc1cc(Nc2cc(-c3ccccc3)ncn2)c([B])cc1C. The van der Waals surface area contributed by atoms with Crippen LogP contribution in [0.5, 0.6) is 0 Å². The maximum absolute atomic E-state index is 6.07. The molecule has 108 valence electrons. The zero-order chi connectivity index (χ0) is 16.2. The van der Waals surface area contributed by atoms with Crippen molar-refractivity contribution in [1.82, 2.24) is 9.97 Å². The van der Waals surface area contributed by atoms with Gasteiger partial charge in [0.25, 0.3) is 0 Å². The van der Waals surface area contributed by atoms with Gasteiger partial charge in [-0.1, -0.05) is 41.9 Å². The third-order valence-electron chi connectivity index (χ3n) is 3.55. The summed E-state index contributed by atoms with van der Waals surface area (Å²) in [5.74, 6) is 0.664. The number of aromatic nitrogens is 2. The molecule has 4 radical (unpaired) electrons. The molecule has 0 aliphatic carbocycles. The highest BCUT2D eigenvalue weighted by atomic mass is 15.0. The van der Waals surface area contributed by atoms with Crippen molar-refractivity contribution < 1.29 is 0 Å². The molecule has 6 heteroatoms. The summed E-state index contributed by atoms with van der Waals surface area (Å²) in [5.41, 5.74) is 5.01. The first-order valence-electron chi connectivity index (χ1n) is 7.18. The predicted molar refractivity (Wildman–Crippen MR) is 96.7 cm³/mol. The molecule has 0 saturated heterocycles. The maximum Gasteiger partial charge on any atom is 0.222 e. The molecule has 0 fully saturated rings. The van der Waals surface area contributed by atoms with E-state index in [9.17, 15) is 0 Å². The van der Waals surface area contributed by atoms with E-state index in [2.05, 4.69) is 20.5 Å². The fourth-order valence-corrected chi connectivity index (χ4v) is 2.32. The van der Waals surface area contributed by atoms with E-state index in [1.165, 1.54) is 6.33 Å². The summed E-state index contributed by atoms with van der Waals surface area (Å²) in [7, 11) is 11.6. The first-order chi connectivity index (χ1) is 11.2. The van der Waals surface area contributed by atoms with Crippen LogP contribution in [-0.4, -0.2) is 25.8 Å². The number of hydrogen-bond acceptors (Lipinski definition) is 4. The summed E-state index contributed by atoms with van der Waals surface area (Å²) in [5, 5.41) is 5.87. The van der Waals surface area contributed by atoms with Crippen LogP contribution in [0.1, 0.15) is 5.56 Å². The average Bonchev–Trinajstić information content (AvgIpc) is 2.58. The highest BCUT2D eigenvalue weighted by Crippen LogP contribution is 2.22. The number of nitrogens with zero attached hydrogens (tertiary/aromatic N) is 2. The van der Waals surface area contributed by atoms with Crippen molar-refractivity contribution in [1.29, 1.82) is 0 Å². The first-order valence-corrected chi connectivity index (χ1v) is 7.18. The molecule has 0 bridgehead atoms. The second-order valence-corrected chi connectivity index (χ2v) is 5.18. The van der Waals surface area contributed by atoms with Crippen molar-refractivity contribution in [2.24, 2.45) is 0 Å². The molecule has 3 aromatic rings. The predicted octanol–water partition coefficient (Wildman–Crippen LogP) is 2.48. The molecule has 1 aromatic heterocycles. The van der Waals surface area contributed by atoms with Crippen LogP contribution in [0.25, 0.3) is 11.3 Å². The molecule has 3 rings (SSSR count). The van der Waals surface area contributed by atoms with Gasteiger partial charge in [0.2, 0.25) is 7.98 Å². The Bertz CT molecular complexity index is 822. The molecule has 4 nitrogen and oxygen atoms in total. The van der Waals surface area contributed by atoms with E-state index in [1.807, 2.05) is 55.5 Å². The minimum absolute atomic E-state index is 0.626. The maximum atomic E-state index is 6.07. The van der Waals surface area contributed by atoms with Crippen LogP contribution in [0.3, 0.4) is 0 Å². The van der Waals surface area contributed by atoms with Crippen LogP contribution in [0, 0.1) is 6.92 Å². The molecule has 0 spiro atoms. The first kappa shape index (κ1) is 15.2. The van der Waals surface area contributed by atoms with Crippen molar-refractivity contribution in [3.05, 3.63) is 60.4 Å². The van der Waals surface area contributed by atoms with E-state index in [0.717, 1.165) is 28.2 Å². The lowest BCUT2D eigenvalue weighted by molar-refractivity contribution is 1.17. The van der Waals surface area contributed by atoms with Gasteiger partial charge in [-0.15, -0.1) is 0 Å². The van der Waals surface area contributed by atoms with Gasteiger partial charge in [0.1, 0.15) is 20.0 Å². The van der Waals surface area contributed by atoms with Crippen molar-refractivity contribution in [3.8, 4) is 11.3 Å². The average molecular weight is 296 g/mol. The van der Waals surface area contributed by atoms with Crippen molar-refractivity contribution in [2.75, 3.05) is 10.5 Å². The van der Waals surface area contributed by atoms with Crippen LogP contribution in [0.4, 0.5) is 17.2 Å². The molecule has 2 aromatic carbocycles. The Morgan fingerprint density at radius 1 is 0.957 bits per heavy atom. The Morgan fingerprint density at radius 2 is 1.74 bits per heavy atom. The highest BCUT2D eigenvalue weighted by molar-refractivity contribution is 6.36. The van der Waals surface area contributed by atoms with Crippen molar-refractivity contribution in [2.45, 2.75) is 6.92 Å². The minimum Gasteiger partial charge on any atom is -0.437 e. The molecule has 1 heterocycles. The monoisotopic (exact) mass is 296 g/mol. The normalized spacial score (nSPS) is 10.3. The van der Waals surface area contributed by atoms with Crippen molar-refractivity contribution in [3.63, 3.8) is 0 Å². The van der Waals surface area contributed by atoms with Crippen molar-refractivity contribution >= 4 is 38.5 Å². The molecule has 2 N–H and O–H groups in total. The molecule has 0 amide bonds. The van der Waals surface area contributed by atoms with E-state index >= 15 is 0 Å². The topological polar surface area (TPSA) is 49.8 Å². The summed E-state index contributed by atoms with van der Waals surface area (Å²) in [4.78, 5) is 8.56. The number of aryl methyl sites for hydroxylation is 1. The largest absolute Gasteiger partial charge is 0.437 e. The number of hydrogen-bond donors (Lipinski definition) is 2. The lowest BCUT2D eigenvalue weighted by Crippen LogP contribution is -2.12. The van der Waals surface area contributed by atoms with Crippen LogP contribution in [0.15, 0.2) is 54.9 Å². The summed E-state index contributed by atoms with van der Waals surface area (Å²) in [6.07, 6.45) is 1.52. The second-order valence-electron chi connectivity index (χ2n) is 5.18. The van der Waals surface area contributed by atoms with Crippen LogP contribution >= 0.6 is 0 Å². The Labute approximate surface area is 138 Å². The van der Waals surface area contributed by atoms with Crippen LogP contribution < -0.4 is 16.0 Å². The Balaban J connectivity index is 1.92. The van der Waals surface area contributed by atoms with E-state index < -0.39 is 0 Å². The zero-order valence-corrected chi connectivity index (χ0v) is 12.7. The fraction of sp³-hybridized carbons (Fsp3) is 0.0588. The molecular formula is C17H14B2N4. The summed E-state index contributed by atoms with van der Waals surface area (Å²) < 4.78 is 0. The lowest BCUT2D eigenvalue weighted by Gasteiger charge is -2.14. The third-order valence-corrected chi connectivity index (χ3v) is 3.55.